The van der Waals surface area contributed by atoms with E-state index >= 15 is 0 Å². The first-order chi connectivity index (χ1) is 23.1. The standard InChI is InChI=1S/C41H77NO5/c1-5-9-12-15-18-24-30-37-45-41(44)46-38-31-29-36-42(8-4)35-28-23-19-22-27-34-40(43)47-39(32-25-20-16-13-10-6-2)33-26-21-17-14-11-7-3/h39H,5-23,25-29,31-38H2,1-4H3. The second kappa shape index (κ2) is 37.1. The summed E-state index contributed by atoms with van der Waals surface area (Å²) in [7, 11) is 0. The molecule has 6 nitrogen and oxygen atoms in total. The van der Waals surface area contributed by atoms with Gasteiger partial charge in [-0.15, -0.1) is 0 Å². The zero-order valence-corrected chi connectivity index (χ0v) is 31.7. The van der Waals surface area contributed by atoms with E-state index in [0.717, 1.165) is 71.0 Å². The van der Waals surface area contributed by atoms with Gasteiger partial charge in [0, 0.05) is 12.8 Å². The number of ether oxygens (including phenoxy) is 3. The lowest BCUT2D eigenvalue weighted by atomic mass is 10.0. The van der Waals surface area contributed by atoms with Gasteiger partial charge in [0.15, 0.2) is 6.61 Å². The lowest BCUT2D eigenvalue weighted by Crippen LogP contribution is -2.26. The van der Waals surface area contributed by atoms with Crippen LogP contribution in [0.1, 0.15) is 201 Å². The van der Waals surface area contributed by atoms with Gasteiger partial charge in [-0.3, -0.25) is 4.79 Å². The summed E-state index contributed by atoms with van der Waals surface area (Å²) in [6, 6.07) is 0. The second-order valence-corrected chi connectivity index (χ2v) is 13.4. The van der Waals surface area contributed by atoms with E-state index in [9.17, 15) is 9.59 Å². The van der Waals surface area contributed by atoms with Gasteiger partial charge in [0.2, 0.25) is 0 Å². The van der Waals surface area contributed by atoms with Gasteiger partial charge in [-0.25, -0.2) is 4.79 Å². The van der Waals surface area contributed by atoms with Crippen molar-refractivity contribution in [2.24, 2.45) is 0 Å². The van der Waals surface area contributed by atoms with E-state index in [0.29, 0.717) is 13.0 Å². The zero-order valence-electron chi connectivity index (χ0n) is 31.7. The van der Waals surface area contributed by atoms with Crippen LogP contribution in [0.25, 0.3) is 0 Å². The monoisotopic (exact) mass is 664 g/mol. The molecule has 0 radical (unpaired) electrons. The van der Waals surface area contributed by atoms with Gasteiger partial charge in [0.1, 0.15) is 6.10 Å². The molecular weight excluding hydrogens is 586 g/mol. The van der Waals surface area contributed by atoms with Crippen LogP contribution in [0.3, 0.4) is 0 Å². The van der Waals surface area contributed by atoms with Gasteiger partial charge < -0.3 is 19.1 Å². The number of unbranched alkanes of at least 4 members (excludes halogenated alkanes) is 19. The summed E-state index contributed by atoms with van der Waals surface area (Å²) in [5.41, 5.74) is 0. The van der Waals surface area contributed by atoms with E-state index < -0.39 is 6.16 Å². The quantitative estimate of drug-likeness (QED) is 0.0388. The fourth-order valence-electron chi connectivity index (χ4n) is 5.88. The summed E-state index contributed by atoms with van der Waals surface area (Å²) in [6.07, 6.45) is 30.6. The molecule has 47 heavy (non-hydrogen) atoms. The van der Waals surface area contributed by atoms with Gasteiger partial charge in [-0.05, 0) is 77.4 Å². The van der Waals surface area contributed by atoms with Crippen LogP contribution < -0.4 is 0 Å². The van der Waals surface area contributed by atoms with Crippen molar-refractivity contribution in [1.29, 1.82) is 0 Å². The highest BCUT2D eigenvalue weighted by Gasteiger charge is 2.14. The average Bonchev–Trinajstić information content (AvgIpc) is 3.07. The molecule has 0 heterocycles. The fraction of sp³-hybridized carbons (Fsp3) is 0.902. The first kappa shape index (κ1) is 45.3. The Hall–Kier alpha value is -1.74. The lowest BCUT2D eigenvalue weighted by Gasteiger charge is -2.20. The molecule has 0 atom stereocenters. The second-order valence-electron chi connectivity index (χ2n) is 13.4. The van der Waals surface area contributed by atoms with Crippen molar-refractivity contribution in [3.8, 4) is 11.8 Å². The third kappa shape index (κ3) is 33.9. The Kier molecular flexibility index (Phi) is 35.7. The highest BCUT2D eigenvalue weighted by Crippen LogP contribution is 2.18. The first-order valence-corrected chi connectivity index (χ1v) is 20.2. The Morgan fingerprint density at radius 2 is 1.06 bits per heavy atom. The molecule has 0 N–H and O–H groups in total. The smallest absolute Gasteiger partial charge is 0.462 e. The van der Waals surface area contributed by atoms with Crippen LogP contribution in [0.15, 0.2) is 0 Å². The average molecular weight is 664 g/mol. The minimum absolute atomic E-state index is 0.0169. The summed E-state index contributed by atoms with van der Waals surface area (Å²) in [4.78, 5) is 26.8. The highest BCUT2D eigenvalue weighted by atomic mass is 16.7. The maximum Gasteiger partial charge on any atom is 0.509 e. The number of hydrogen-bond acceptors (Lipinski definition) is 6. The van der Waals surface area contributed by atoms with Crippen molar-refractivity contribution >= 4 is 12.1 Å². The van der Waals surface area contributed by atoms with Crippen molar-refractivity contribution in [2.45, 2.75) is 207 Å². The lowest BCUT2D eigenvalue weighted by molar-refractivity contribution is -0.150. The molecular formula is C41H77NO5. The molecule has 0 aliphatic rings. The molecule has 0 aromatic rings. The molecule has 6 heteroatoms. The molecule has 0 amide bonds. The molecule has 276 valence electrons. The Morgan fingerprint density at radius 3 is 1.66 bits per heavy atom. The van der Waals surface area contributed by atoms with Gasteiger partial charge in [0.05, 0.1) is 6.61 Å². The van der Waals surface area contributed by atoms with Crippen LogP contribution in [0.2, 0.25) is 0 Å². The summed E-state index contributed by atoms with van der Waals surface area (Å²) >= 11 is 0. The molecule has 0 spiro atoms. The van der Waals surface area contributed by atoms with Crippen LogP contribution >= 0.6 is 0 Å². The Balaban J connectivity index is 3.95. The molecule has 0 aromatic carbocycles. The molecule has 0 aliphatic heterocycles. The number of esters is 1. The SMILES string of the molecule is CCCCCCC#CCOC(=O)OCCCCN(CC)CCCCCCCC(=O)OC(CCCCCCCC)CCCCCCCC. The van der Waals surface area contributed by atoms with Crippen LogP contribution in [0.5, 0.6) is 0 Å². The predicted molar refractivity (Wildman–Crippen MR) is 199 cm³/mol. The van der Waals surface area contributed by atoms with Crippen molar-refractivity contribution in [3.05, 3.63) is 0 Å². The van der Waals surface area contributed by atoms with Crippen molar-refractivity contribution in [2.75, 3.05) is 32.8 Å². The van der Waals surface area contributed by atoms with Crippen molar-refractivity contribution < 1.29 is 23.8 Å². The Morgan fingerprint density at radius 1 is 0.553 bits per heavy atom. The Bertz CT molecular complexity index is 730. The third-order valence-corrected chi connectivity index (χ3v) is 8.99. The summed E-state index contributed by atoms with van der Waals surface area (Å²) in [6.45, 7) is 12.6. The fourth-order valence-corrected chi connectivity index (χ4v) is 5.88. The molecule has 0 aromatic heterocycles. The van der Waals surface area contributed by atoms with Gasteiger partial charge in [-0.1, -0.05) is 142 Å². The Labute approximate surface area is 292 Å². The maximum absolute atomic E-state index is 12.6. The molecule has 0 saturated carbocycles. The van der Waals surface area contributed by atoms with Gasteiger partial charge in [0.25, 0.3) is 0 Å². The van der Waals surface area contributed by atoms with Crippen LogP contribution in [-0.4, -0.2) is 56.0 Å². The maximum atomic E-state index is 12.6. The zero-order chi connectivity index (χ0) is 34.5. The summed E-state index contributed by atoms with van der Waals surface area (Å²) in [5.74, 6) is 5.96. The minimum atomic E-state index is -0.618. The summed E-state index contributed by atoms with van der Waals surface area (Å²) in [5, 5.41) is 0. The number of carbonyl (C=O) groups is 2. The van der Waals surface area contributed by atoms with E-state index in [-0.39, 0.29) is 18.7 Å². The first-order valence-electron chi connectivity index (χ1n) is 20.2. The predicted octanol–water partition coefficient (Wildman–Crippen LogP) is 12.0. The third-order valence-electron chi connectivity index (χ3n) is 8.99. The van der Waals surface area contributed by atoms with E-state index in [1.165, 1.54) is 116 Å². The van der Waals surface area contributed by atoms with Crippen molar-refractivity contribution in [3.63, 3.8) is 0 Å². The molecule has 0 fully saturated rings. The summed E-state index contributed by atoms with van der Waals surface area (Å²) < 4.78 is 16.2. The van der Waals surface area contributed by atoms with E-state index in [1.54, 1.807) is 0 Å². The number of rotatable bonds is 34. The molecule has 0 unspecified atom stereocenters. The topological polar surface area (TPSA) is 65.1 Å². The molecule has 0 aliphatic carbocycles. The molecule has 0 rings (SSSR count). The minimum Gasteiger partial charge on any atom is -0.462 e. The van der Waals surface area contributed by atoms with Gasteiger partial charge in [-0.2, -0.15) is 0 Å². The van der Waals surface area contributed by atoms with Crippen LogP contribution in [0.4, 0.5) is 4.79 Å². The molecule has 0 bridgehead atoms. The van der Waals surface area contributed by atoms with Crippen molar-refractivity contribution in [1.82, 2.24) is 4.90 Å². The van der Waals surface area contributed by atoms with Crippen LogP contribution in [-0.2, 0) is 19.0 Å². The van der Waals surface area contributed by atoms with E-state index in [4.69, 9.17) is 14.2 Å². The largest absolute Gasteiger partial charge is 0.509 e. The van der Waals surface area contributed by atoms with Gasteiger partial charge >= 0.3 is 12.1 Å². The van der Waals surface area contributed by atoms with E-state index in [1.807, 2.05) is 0 Å². The number of carbonyl (C=O) groups excluding carboxylic acids is 2. The highest BCUT2D eigenvalue weighted by molar-refractivity contribution is 5.69. The van der Waals surface area contributed by atoms with E-state index in [2.05, 4.69) is 44.4 Å². The number of hydrogen-bond donors (Lipinski definition) is 0. The number of nitrogens with zero attached hydrogens (tertiary/aromatic N) is 1. The van der Waals surface area contributed by atoms with Crippen LogP contribution in [0, 0.1) is 11.8 Å². The molecule has 0 saturated heterocycles. The normalized spacial score (nSPS) is 11.1.